The fraction of sp³-hybridized carbons (Fsp3) is 0.364. The van der Waals surface area contributed by atoms with Crippen molar-refractivity contribution in [2.75, 3.05) is 11.9 Å². The van der Waals surface area contributed by atoms with Crippen molar-refractivity contribution in [3.8, 4) is 11.4 Å². The molecule has 0 spiro atoms. The lowest BCUT2D eigenvalue weighted by atomic mass is 10.2. The van der Waals surface area contributed by atoms with Gasteiger partial charge < -0.3 is 10.3 Å². The van der Waals surface area contributed by atoms with Crippen LogP contribution < -0.4 is 10.9 Å². The van der Waals surface area contributed by atoms with Crippen molar-refractivity contribution < 1.29 is 0 Å². The highest BCUT2D eigenvalue weighted by Gasteiger charge is 2.11. The molecule has 2 heterocycles. The third-order valence-corrected chi connectivity index (χ3v) is 2.44. The standard InChI is InChI=1S/C11H15N5O/c1-3-12-11-15-14-10(16(11)4-2)8-5-6-13-9(17)7-8/h5-7H,3-4H2,1-2H3,(H,12,15)(H,13,17). The van der Waals surface area contributed by atoms with Crippen LogP contribution in [0.25, 0.3) is 11.4 Å². The minimum Gasteiger partial charge on any atom is -0.355 e. The van der Waals surface area contributed by atoms with Crippen LogP contribution >= 0.6 is 0 Å². The summed E-state index contributed by atoms with van der Waals surface area (Å²) < 4.78 is 1.94. The van der Waals surface area contributed by atoms with E-state index in [1.54, 1.807) is 6.20 Å². The summed E-state index contributed by atoms with van der Waals surface area (Å²) in [4.78, 5) is 13.8. The third-order valence-electron chi connectivity index (χ3n) is 2.44. The number of anilines is 1. The van der Waals surface area contributed by atoms with E-state index >= 15 is 0 Å². The van der Waals surface area contributed by atoms with Gasteiger partial charge in [0, 0.05) is 30.9 Å². The predicted molar refractivity (Wildman–Crippen MR) is 65.9 cm³/mol. The van der Waals surface area contributed by atoms with Gasteiger partial charge in [-0.15, -0.1) is 10.2 Å². The molecule has 0 aromatic carbocycles. The van der Waals surface area contributed by atoms with Gasteiger partial charge in [0.05, 0.1) is 0 Å². The van der Waals surface area contributed by atoms with E-state index in [-0.39, 0.29) is 5.56 Å². The van der Waals surface area contributed by atoms with Crippen molar-refractivity contribution in [2.24, 2.45) is 0 Å². The Kier molecular flexibility index (Phi) is 3.22. The molecule has 0 radical (unpaired) electrons. The second-order valence-corrected chi connectivity index (χ2v) is 3.56. The van der Waals surface area contributed by atoms with Crippen molar-refractivity contribution in [1.82, 2.24) is 19.7 Å². The monoisotopic (exact) mass is 233 g/mol. The molecule has 0 saturated heterocycles. The molecule has 0 atom stereocenters. The van der Waals surface area contributed by atoms with Gasteiger partial charge in [0.2, 0.25) is 11.5 Å². The topological polar surface area (TPSA) is 75.6 Å². The molecular weight excluding hydrogens is 218 g/mol. The van der Waals surface area contributed by atoms with Crippen LogP contribution in [-0.4, -0.2) is 26.3 Å². The summed E-state index contributed by atoms with van der Waals surface area (Å²) in [5, 5.41) is 11.3. The van der Waals surface area contributed by atoms with Crippen LogP contribution in [0, 0.1) is 0 Å². The summed E-state index contributed by atoms with van der Waals surface area (Å²) in [5.41, 5.74) is 0.630. The predicted octanol–water partition coefficient (Wildman–Crippen LogP) is 1.09. The first-order valence-electron chi connectivity index (χ1n) is 5.62. The van der Waals surface area contributed by atoms with E-state index in [9.17, 15) is 4.79 Å². The molecule has 0 saturated carbocycles. The number of pyridine rings is 1. The van der Waals surface area contributed by atoms with Gasteiger partial charge in [-0.25, -0.2) is 0 Å². The Labute approximate surface area is 98.7 Å². The van der Waals surface area contributed by atoms with Gasteiger partial charge in [-0.2, -0.15) is 0 Å². The number of rotatable bonds is 4. The quantitative estimate of drug-likeness (QED) is 0.828. The van der Waals surface area contributed by atoms with Gasteiger partial charge in [-0.3, -0.25) is 9.36 Å². The Hall–Kier alpha value is -2.11. The lowest BCUT2D eigenvalue weighted by molar-refractivity contribution is 0.770. The maximum Gasteiger partial charge on any atom is 0.248 e. The summed E-state index contributed by atoms with van der Waals surface area (Å²) in [6.45, 7) is 5.55. The van der Waals surface area contributed by atoms with E-state index in [0.717, 1.165) is 24.6 Å². The first-order valence-corrected chi connectivity index (χ1v) is 5.62. The molecule has 90 valence electrons. The highest BCUT2D eigenvalue weighted by molar-refractivity contribution is 5.56. The van der Waals surface area contributed by atoms with E-state index in [4.69, 9.17) is 0 Å². The lowest BCUT2D eigenvalue weighted by Gasteiger charge is -2.07. The molecule has 2 N–H and O–H groups in total. The molecule has 0 unspecified atom stereocenters. The number of nitrogens with one attached hydrogen (secondary N) is 2. The van der Waals surface area contributed by atoms with E-state index in [0.29, 0.717) is 5.82 Å². The summed E-state index contributed by atoms with van der Waals surface area (Å²) in [7, 11) is 0. The summed E-state index contributed by atoms with van der Waals surface area (Å²) >= 11 is 0. The van der Waals surface area contributed by atoms with E-state index < -0.39 is 0 Å². The Bertz CT molecular complexity index is 557. The fourth-order valence-electron chi connectivity index (χ4n) is 1.69. The zero-order valence-corrected chi connectivity index (χ0v) is 9.90. The van der Waals surface area contributed by atoms with Crippen molar-refractivity contribution in [1.29, 1.82) is 0 Å². The van der Waals surface area contributed by atoms with Crippen LogP contribution in [0.15, 0.2) is 23.1 Å². The number of aromatic amines is 1. The molecule has 0 aliphatic heterocycles. The molecule has 2 aromatic heterocycles. The lowest BCUT2D eigenvalue weighted by Crippen LogP contribution is -2.08. The molecule has 0 aliphatic rings. The highest BCUT2D eigenvalue weighted by Crippen LogP contribution is 2.18. The third kappa shape index (κ3) is 2.20. The number of H-pyrrole nitrogens is 1. The van der Waals surface area contributed by atoms with Gasteiger partial charge in [0.25, 0.3) is 0 Å². The average molecular weight is 233 g/mol. The van der Waals surface area contributed by atoms with E-state index in [1.165, 1.54) is 6.07 Å². The minimum absolute atomic E-state index is 0.141. The number of hydrogen-bond acceptors (Lipinski definition) is 4. The Morgan fingerprint density at radius 3 is 2.88 bits per heavy atom. The number of aromatic nitrogens is 4. The van der Waals surface area contributed by atoms with E-state index in [1.807, 2.05) is 24.5 Å². The first-order chi connectivity index (χ1) is 8.26. The summed E-state index contributed by atoms with van der Waals surface area (Å²) in [6.07, 6.45) is 1.61. The first kappa shape index (κ1) is 11.4. The van der Waals surface area contributed by atoms with Crippen LogP contribution in [0.3, 0.4) is 0 Å². The smallest absolute Gasteiger partial charge is 0.248 e. The molecule has 0 fully saturated rings. The summed E-state index contributed by atoms with van der Waals surface area (Å²) in [5.74, 6) is 1.43. The molecule has 2 aromatic rings. The zero-order chi connectivity index (χ0) is 12.3. The second-order valence-electron chi connectivity index (χ2n) is 3.56. The zero-order valence-electron chi connectivity index (χ0n) is 9.90. The maximum atomic E-state index is 11.3. The molecule has 0 aliphatic carbocycles. The van der Waals surface area contributed by atoms with E-state index in [2.05, 4.69) is 20.5 Å². The van der Waals surface area contributed by atoms with Crippen molar-refractivity contribution >= 4 is 5.95 Å². The van der Waals surface area contributed by atoms with Crippen molar-refractivity contribution in [3.05, 3.63) is 28.7 Å². The highest BCUT2D eigenvalue weighted by atomic mass is 16.1. The van der Waals surface area contributed by atoms with Crippen LogP contribution in [0.1, 0.15) is 13.8 Å². The number of hydrogen-bond donors (Lipinski definition) is 2. The van der Waals surface area contributed by atoms with Gasteiger partial charge >= 0.3 is 0 Å². The Morgan fingerprint density at radius 1 is 1.41 bits per heavy atom. The molecule has 0 amide bonds. The molecule has 2 rings (SSSR count). The van der Waals surface area contributed by atoms with Crippen LogP contribution in [-0.2, 0) is 6.54 Å². The molecule has 6 nitrogen and oxygen atoms in total. The average Bonchev–Trinajstić information content (AvgIpc) is 2.72. The molecular formula is C11H15N5O. The van der Waals surface area contributed by atoms with Gasteiger partial charge in [-0.05, 0) is 19.9 Å². The van der Waals surface area contributed by atoms with Crippen molar-refractivity contribution in [3.63, 3.8) is 0 Å². The van der Waals surface area contributed by atoms with Crippen LogP contribution in [0.5, 0.6) is 0 Å². The molecule has 0 bridgehead atoms. The Morgan fingerprint density at radius 2 is 2.24 bits per heavy atom. The SMILES string of the molecule is CCNc1nnc(-c2cc[nH]c(=O)c2)n1CC. The minimum atomic E-state index is -0.141. The molecule has 17 heavy (non-hydrogen) atoms. The largest absolute Gasteiger partial charge is 0.355 e. The maximum absolute atomic E-state index is 11.3. The fourth-order valence-corrected chi connectivity index (χ4v) is 1.69. The number of nitrogens with zero attached hydrogens (tertiary/aromatic N) is 3. The van der Waals surface area contributed by atoms with Gasteiger partial charge in [0.1, 0.15) is 0 Å². The Balaban J connectivity index is 2.48. The summed E-state index contributed by atoms with van der Waals surface area (Å²) in [6, 6.07) is 3.33. The van der Waals surface area contributed by atoms with Gasteiger partial charge in [-0.1, -0.05) is 0 Å². The second kappa shape index (κ2) is 4.82. The van der Waals surface area contributed by atoms with Gasteiger partial charge in [0.15, 0.2) is 5.82 Å². The normalized spacial score (nSPS) is 10.5. The van der Waals surface area contributed by atoms with Crippen LogP contribution in [0.4, 0.5) is 5.95 Å². The molecule has 6 heteroatoms. The van der Waals surface area contributed by atoms with Crippen LogP contribution in [0.2, 0.25) is 0 Å². The van der Waals surface area contributed by atoms with Crippen molar-refractivity contribution in [2.45, 2.75) is 20.4 Å².